The van der Waals surface area contributed by atoms with E-state index < -0.39 is 17.4 Å². The van der Waals surface area contributed by atoms with Gasteiger partial charge in [-0.3, -0.25) is 19.8 Å². The van der Waals surface area contributed by atoms with Crippen LogP contribution in [0.5, 0.6) is 0 Å². The number of barbiturate groups is 1. The molecule has 2 heterocycles. The second kappa shape index (κ2) is 3.56. The molecule has 0 radical (unpaired) electrons. The normalized spacial score (nSPS) is 36.8. The van der Waals surface area contributed by atoms with Gasteiger partial charge in [-0.15, -0.1) is 0 Å². The van der Waals surface area contributed by atoms with E-state index in [4.69, 9.17) is 4.74 Å². The molecule has 19 heavy (non-hydrogen) atoms. The highest BCUT2D eigenvalue weighted by Crippen LogP contribution is 2.50. The number of hydrogen-bond donors (Lipinski definition) is 1. The van der Waals surface area contributed by atoms with Crippen LogP contribution in [0, 0.1) is 11.3 Å². The smallest absolute Gasteiger partial charge is 0.331 e. The number of urea groups is 1. The fourth-order valence-corrected chi connectivity index (χ4v) is 3.32. The number of ether oxygens (including phenoxy) is 1. The Bertz CT molecular complexity index is 481. The second-order valence-electron chi connectivity index (χ2n) is 6.05. The molecule has 2 unspecified atom stereocenters. The Hall–Kier alpha value is -1.43. The monoisotopic (exact) mass is 264 g/mol. The Labute approximate surface area is 110 Å². The van der Waals surface area contributed by atoms with Crippen LogP contribution in [0.4, 0.5) is 4.79 Å². The second-order valence-corrected chi connectivity index (χ2v) is 6.05. The van der Waals surface area contributed by atoms with Crippen molar-refractivity contribution >= 4 is 17.8 Å². The summed E-state index contributed by atoms with van der Waals surface area (Å²) in [6, 6.07) is -0.751. The zero-order valence-corrected chi connectivity index (χ0v) is 10.6. The summed E-state index contributed by atoms with van der Waals surface area (Å²) < 4.78 is 5.70. The predicted octanol–water partition coefficient (Wildman–Crippen LogP) is 0.412. The molecule has 2 aliphatic carbocycles. The van der Waals surface area contributed by atoms with Crippen molar-refractivity contribution in [3.63, 3.8) is 0 Å². The van der Waals surface area contributed by atoms with Crippen LogP contribution in [0.15, 0.2) is 0 Å². The molecular formula is C13H16N2O4. The van der Waals surface area contributed by atoms with E-state index in [2.05, 4.69) is 5.32 Å². The summed E-state index contributed by atoms with van der Waals surface area (Å²) in [4.78, 5) is 37.6. The van der Waals surface area contributed by atoms with Crippen molar-refractivity contribution in [2.24, 2.45) is 11.3 Å². The molecule has 6 heteroatoms. The maximum Gasteiger partial charge on any atom is 0.331 e. The van der Waals surface area contributed by atoms with Crippen LogP contribution >= 0.6 is 0 Å². The van der Waals surface area contributed by atoms with Crippen molar-refractivity contribution < 1.29 is 19.1 Å². The summed E-state index contributed by atoms with van der Waals surface area (Å²) >= 11 is 0. The summed E-state index contributed by atoms with van der Waals surface area (Å²) in [5, 5.41) is 2.34. The third-order valence-corrected chi connectivity index (χ3v) is 4.77. The van der Waals surface area contributed by atoms with Gasteiger partial charge in [0.05, 0.1) is 12.1 Å². The highest BCUT2D eigenvalue weighted by Gasteiger charge is 2.64. The molecule has 0 bridgehead atoms. The van der Waals surface area contributed by atoms with Crippen LogP contribution < -0.4 is 5.32 Å². The number of carbonyl (C=O) groups excluding carboxylic acids is 3. The predicted molar refractivity (Wildman–Crippen MR) is 62.9 cm³/mol. The van der Waals surface area contributed by atoms with E-state index in [0.29, 0.717) is 31.8 Å². The Balaban J connectivity index is 1.64. The third-order valence-electron chi connectivity index (χ3n) is 4.77. The lowest BCUT2D eigenvalue weighted by Gasteiger charge is -2.36. The number of imide groups is 2. The van der Waals surface area contributed by atoms with Crippen molar-refractivity contribution in [1.82, 2.24) is 10.2 Å². The number of hydrogen-bond acceptors (Lipinski definition) is 4. The maximum absolute atomic E-state index is 12.5. The van der Waals surface area contributed by atoms with E-state index >= 15 is 0 Å². The Kier molecular flexibility index (Phi) is 2.14. The molecule has 2 saturated heterocycles. The molecule has 0 aromatic carbocycles. The standard InChI is InChI=1S/C13H16N2O4/c16-10-13(4-5-13)11(17)15(12(18)14-10)8-3-6-19-9(8)7-1-2-7/h7-9H,1-6H2,(H,14,16,18). The van der Waals surface area contributed by atoms with Crippen molar-refractivity contribution in [1.29, 1.82) is 0 Å². The fraction of sp³-hybridized carbons (Fsp3) is 0.769. The molecule has 4 fully saturated rings. The average molecular weight is 264 g/mol. The summed E-state index contributed by atoms with van der Waals surface area (Å²) in [6.07, 6.45) is 3.99. The Morgan fingerprint density at radius 3 is 2.53 bits per heavy atom. The van der Waals surface area contributed by atoms with Crippen LogP contribution in [0.1, 0.15) is 32.1 Å². The quantitative estimate of drug-likeness (QED) is 0.733. The third kappa shape index (κ3) is 1.49. The van der Waals surface area contributed by atoms with Crippen LogP contribution in [0.2, 0.25) is 0 Å². The van der Waals surface area contributed by atoms with Crippen molar-refractivity contribution in [3.05, 3.63) is 0 Å². The van der Waals surface area contributed by atoms with Gasteiger partial charge in [-0.1, -0.05) is 0 Å². The molecular weight excluding hydrogens is 248 g/mol. The molecule has 1 spiro atoms. The number of carbonyl (C=O) groups is 3. The molecule has 102 valence electrons. The lowest BCUT2D eigenvalue weighted by molar-refractivity contribution is -0.147. The number of amides is 4. The minimum absolute atomic E-state index is 0.0290. The van der Waals surface area contributed by atoms with Gasteiger partial charge in [-0.05, 0) is 38.0 Å². The van der Waals surface area contributed by atoms with Crippen molar-refractivity contribution in [2.45, 2.75) is 44.2 Å². The largest absolute Gasteiger partial charge is 0.376 e. The summed E-state index contributed by atoms with van der Waals surface area (Å²) in [7, 11) is 0. The first-order valence-corrected chi connectivity index (χ1v) is 6.94. The summed E-state index contributed by atoms with van der Waals surface area (Å²) in [6.45, 7) is 0.587. The topological polar surface area (TPSA) is 75.7 Å². The molecule has 4 rings (SSSR count). The molecule has 0 aromatic rings. The van der Waals surface area contributed by atoms with Crippen LogP contribution in [0.3, 0.4) is 0 Å². The molecule has 2 atom stereocenters. The lowest BCUT2D eigenvalue weighted by Crippen LogP contribution is -2.63. The van der Waals surface area contributed by atoms with Gasteiger partial charge in [0.15, 0.2) is 0 Å². The zero-order valence-electron chi connectivity index (χ0n) is 10.6. The molecule has 6 nitrogen and oxygen atoms in total. The first-order chi connectivity index (χ1) is 9.13. The van der Waals surface area contributed by atoms with E-state index in [9.17, 15) is 14.4 Å². The van der Waals surface area contributed by atoms with Gasteiger partial charge < -0.3 is 4.74 Å². The van der Waals surface area contributed by atoms with Crippen molar-refractivity contribution in [2.75, 3.05) is 6.61 Å². The average Bonchev–Trinajstić information content (AvgIpc) is 3.28. The van der Waals surface area contributed by atoms with Gasteiger partial charge in [0.1, 0.15) is 5.41 Å². The highest BCUT2D eigenvalue weighted by atomic mass is 16.5. The van der Waals surface area contributed by atoms with Crippen LogP contribution in [-0.4, -0.2) is 41.5 Å². The van der Waals surface area contributed by atoms with Crippen LogP contribution in [0.25, 0.3) is 0 Å². The molecule has 4 amide bonds. The lowest BCUT2D eigenvalue weighted by atomic mass is 9.97. The van der Waals surface area contributed by atoms with E-state index in [1.165, 1.54) is 4.90 Å². The maximum atomic E-state index is 12.5. The number of nitrogens with zero attached hydrogens (tertiary/aromatic N) is 1. The van der Waals surface area contributed by atoms with Gasteiger partial charge in [0.25, 0.3) is 0 Å². The molecule has 2 aliphatic heterocycles. The van der Waals surface area contributed by atoms with E-state index in [1.54, 1.807) is 0 Å². The van der Waals surface area contributed by atoms with E-state index in [1.807, 2.05) is 0 Å². The summed E-state index contributed by atoms with van der Waals surface area (Å²) in [5.74, 6) is -0.246. The molecule has 1 N–H and O–H groups in total. The van der Waals surface area contributed by atoms with Crippen molar-refractivity contribution in [3.8, 4) is 0 Å². The van der Waals surface area contributed by atoms with E-state index in [0.717, 1.165) is 12.8 Å². The van der Waals surface area contributed by atoms with Gasteiger partial charge in [0, 0.05) is 6.61 Å². The van der Waals surface area contributed by atoms with Gasteiger partial charge in [0.2, 0.25) is 11.8 Å². The number of rotatable bonds is 2. The molecule has 2 saturated carbocycles. The zero-order chi connectivity index (χ0) is 13.2. The van der Waals surface area contributed by atoms with Gasteiger partial charge >= 0.3 is 6.03 Å². The minimum Gasteiger partial charge on any atom is -0.376 e. The first-order valence-electron chi connectivity index (χ1n) is 6.94. The van der Waals surface area contributed by atoms with E-state index in [-0.39, 0.29) is 18.1 Å². The fourth-order valence-electron chi connectivity index (χ4n) is 3.32. The molecule has 0 aromatic heterocycles. The first kappa shape index (κ1) is 11.4. The van der Waals surface area contributed by atoms with Gasteiger partial charge in [-0.25, -0.2) is 4.79 Å². The highest BCUT2D eigenvalue weighted by molar-refractivity contribution is 6.21. The molecule has 4 aliphatic rings. The number of nitrogens with one attached hydrogen (secondary N) is 1. The Morgan fingerprint density at radius 1 is 1.16 bits per heavy atom. The minimum atomic E-state index is -0.940. The van der Waals surface area contributed by atoms with Crippen LogP contribution in [-0.2, 0) is 14.3 Å². The summed E-state index contributed by atoms with van der Waals surface area (Å²) in [5.41, 5.74) is -0.940. The van der Waals surface area contributed by atoms with Gasteiger partial charge in [-0.2, -0.15) is 0 Å². The Morgan fingerprint density at radius 2 is 1.89 bits per heavy atom. The SMILES string of the molecule is O=C1NC(=O)C2(CC2)C(=O)N1C1CCOC1C1CC1.